The maximum Gasteiger partial charge on any atom is 0.0624 e. The number of hydrogen-bond acceptors (Lipinski definition) is 0. The second-order valence-electron chi connectivity index (χ2n) is 14.2. The molecule has 0 bridgehead atoms. The Balaban J connectivity index is 1.07. The lowest BCUT2D eigenvalue weighted by Gasteiger charge is -2.22. The van der Waals surface area contributed by atoms with Crippen LogP contribution in [0.2, 0.25) is 0 Å². The molecule has 2 aromatic heterocycles. The molecule has 1 aliphatic carbocycles. The number of para-hydroxylation sites is 1. The number of benzene rings is 8. The molecule has 1 aliphatic rings. The van der Waals surface area contributed by atoms with Crippen LogP contribution < -0.4 is 0 Å². The van der Waals surface area contributed by atoms with Gasteiger partial charge in [0.2, 0.25) is 0 Å². The van der Waals surface area contributed by atoms with Crippen molar-refractivity contribution in [2.24, 2.45) is 0 Å². The molecule has 0 radical (unpaired) electrons. The van der Waals surface area contributed by atoms with Crippen molar-refractivity contribution >= 4 is 59.5 Å². The molecular formula is C47H31N. The van der Waals surface area contributed by atoms with Crippen molar-refractivity contribution in [1.82, 2.24) is 4.40 Å². The molecule has 0 N–H and O–H groups in total. The van der Waals surface area contributed by atoms with Gasteiger partial charge < -0.3 is 4.40 Å². The highest BCUT2D eigenvalue weighted by Gasteiger charge is 2.41. The number of rotatable bonds is 2. The van der Waals surface area contributed by atoms with Crippen molar-refractivity contribution in [1.29, 1.82) is 0 Å². The van der Waals surface area contributed by atoms with E-state index in [1.807, 2.05) is 0 Å². The van der Waals surface area contributed by atoms with Crippen LogP contribution >= 0.6 is 0 Å². The van der Waals surface area contributed by atoms with Gasteiger partial charge in [0.05, 0.1) is 16.7 Å². The summed E-state index contributed by atoms with van der Waals surface area (Å²) in [4.78, 5) is 0. The second-order valence-corrected chi connectivity index (χ2v) is 14.2. The fourth-order valence-electron chi connectivity index (χ4n) is 8.94. The minimum absolute atomic E-state index is 0.133. The smallest absolute Gasteiger partial charge is 0.0624 e. The van der Waals surface area contributed by atoms with Crippen LogP contribution in [0.1, 0.15) is 25.0 Å². The van der Waals surface area contributed by atoms with E-state index in [1.165, 1.54) is 104 Å². The number of nitrogens with zero attached hydrogens (tertiary/aromatic N) is 1. The second kappa shape index (κ2) is 9.12. The Morgan fingerprint density at radius 3 is 1.79 bits per heavy atom. The first kappa shape index (κ1) is 26.2. The molecule has 8 aromatic carbocycles. The van der Waals surface area contributed by atoms with Gasteiger partial charge in [-0.3, -0.25) is 0 Å². The predicted octanol–water partition coefficient (Wildman–Crippen LogP) is 12.8. The molecule has 0 saturated carbocycles. The van der Waals surface area contributed by atoms with Crippen LogP contribution in [-0.2, 0) is 5.41 Å². The van der Waals surface area contributed by atoms with Crippen LogP contribution in [0.25, 0.3) is 93.0 Å². The van der Waals surface area contributed by atoms with Crippen LogP contribution in [0.15, 0.2) is 152 Å². The first-order chi connectivity index (χ1) is 23.5. The summed E-state index contributed by atoms with van der Waals surface area (Å²) >= 11 is 0. The fourth-order valence-corrected chi connectivity index (χ4v) is 8.94. The summed E-state index contributed by atoms with van der Waals surface area (Å²) in [6.45, 7) is 4.84. The van der Waals surface area contributed by atoms with Gasteiger partial charge >= 0.3 is 0 Å². The van der Waals surface area contributed by atoms with Crippen LogP contribution in [0, 0.1) is 0 Å². The summed E-state index contributed by atoms with van der Waals surface area (Å²) < 4.78 is 2.58. The molecule has 10 aromatic rings. The third-order valence-corrected chi connectivity index (χ3v) is 11.2. The lowest BCUT2D eigenvalue weighted by molar-refractivity contribution is 0.667. The summed E-state index contributed by atoms with van der Waals surface area (Å²) in [5, 5.41) is 11.9. The van der Waals surface area contributed by atoms with Crippen LogP contribution in [-0.4, -0.2) is 4.40 Å². The minimum atomic E-state index is -0.133. The van der Waals surface area contributed by atoms with Gasteiger partial charge in [0.25, 0.3) is 0 Å². The van der Waals surface area contributed by atoms with Crippen molar-refractivity contribution in [3.63, 3.8) is 0 Å². The van der Waals surface area contributed by atoms with Gasteiger partial charge in [-0.2, -0.15) is 0 Å². The number of fused-ring (bicyclic) bond motifs is 12. The predicted molar refractivity (Wildman–Crippen MR) is 205 cm³/mol. The van der Waals surface area contributed by atoms with Crippen LogP contribution in [0.5, 0.6) is 0 Å². The zero-order valence-electron chi connectivity index (χ0n) is 26.9. The molecule has 0 saturated heterocycles. The largest absolute Gasteiger partial charge is 0.308 e. The molecule has 48 heavy (non-hydrogen) atoms. The highest BCUT2D eigenvalue weighted by atomic mass is 14.9. The lowest BCUT2D eigenvalue weighted by Crippen LogP contribution is -2.14. The fraction of sp³-hybridized carbons (Fsp3) is 0.0638. The van der Waals surface area contributed by atoms with Gasteiger partial charge in [-0.05, 0) is 102 Å². The van der Waals surface area contributed by atoms with Gasteiger partial charge in [0.15, 0.2) is 0 Å². The van der Waals surface area contributed by atoms with Gasteiger partial charge in [0.1, 0.15) is 0 Å². The Morgan fingerprint density at radius 1 is 0.438 bits per heavy atom. The third kappa shape index (κ3) is 3.35. The summed E-state index contributed by atoms with van der Waals surface area (Å²) in [5.74, 6) is 0. The third-order valence-electron chi connectivity index (χ3n) is 11.2. The van der Waals surface area contributed by atoms with E-state index in [-0.39, 0.29) is 5.41 Å². The highest BCUT2D eigenvalue weighted by molar-refractivity contribution is 6.28. The topological polar surface area (TPSA) is 4.41 Å². The molecule has 11 rings (SSSR count). The van der Waals surface area contributed by atoms with Gasteiger partial charge in [-0.15, -0.1) is 0 Å². The molecular weight excluding hydrogens is 579 g/mol. The normalized spacial score (nSPS) is 13.8. The van der Waals surface area contributed by atoms with Gasteiger partial charge in [-0.25, -0.2) is 0 Å². The Hall–Kier alpha value is -5.92. The highest BCUT2D eigenvalue weighted by Crippen LogP contribution is 2.56. The SMILES string of the molecule is CC1(C)c2cc3cc(-c4ccc(-c5ccc6ccccc6c5)cc4)ccc3cc2-c2c1c1cc3ccccc3c3c4ccccc4n2c13. The quantitative estimate of drug-likeness (QED) is 0.184. The van der Waals surface area contributed by atoms with Crippen LogP contribution in [0.4, 0.5) is 0 Å². The van der Waals surface area contributed by atoms with Crippen molar-refractivity contribution in [3.8, 4) is 33.5 Å². The van der Waals surface area contributed by atoms with E-state index in [9.17, 15) is 0 Å². The Labute approximate surface area is 278 Å². The van der Waals surface area contributed by atoms with E-state index in [4.69, 9.17) is 0 Å². The standard InChI is InChI=1S/C47H31N/c1-47(2)41-27-36-24-33(30-17-15-29(16-18-30)32-20-19-28-9-3-4-10-31(28)23-32)21-22-34(36)25-39(41)46-44(47)40-26-35-11-5-6-12-37(35)43-38-13-7-8-14-42(38)48(46)45(40)43/h3-27H,1-2H3. The molecule has 2 heterocycles. The molecule has 0 aliphatic heterocycles. The average Bonchev–Trinajstić information content (AvgIpc) is 3.73. The zero-order valence-corrected chi connectivity index (χ0v) is 26.9. The molecule has 0 amide bonds. The first-order valence-electron chi connectivity index (χ1n) is 16.9. The molecule has 1 heteroatoms. The Kier molecular flexibility index (Phi) is 4.97. The van der Waals surface area contributed by atoms with E-state index < -0.39 is 0 Å². The lowest BCUT2D eigenvalue weighted by atomic mass is 9.80. The van der Waals surface area contributed by atoms with Gasteiger partial charge in [0, 0.05) is 27.1 Å². The number of aromatic nitrogens is 1. The summed E-state index contributed by atoms with van der Waals surface area (Å²) in [5.41, 5.74) is 13.1. The molecule has 0 atom stereocenters. The first-order valence-corrected chi connectivity index (χ1v) is 16.9. The summed E-state index contributed by atoms with van der Waals surface area (Å²) in [6, 6.07) is 56.6. The van der Waals surface area contributed by atoms with Crippen LogP contribution in [0.3, 0.4) is 0 Å². The molecule has 0 fully saturated rings. The monoisotopic (exact) mass is 609 g/mol. The number of hydrogen-bond donors (Lipinski definition) is 0. The van der Waals surface area contributed by atoms with E-state index in [0.717, 1.165) is 0 Å². The zero-order chi connectivity index (χ0) is 31.7. The van der Waals surface area contributed by atoms with E-state index >= 15 is 0 Å². The van der Waals surface area contributed by atoms with Crippen molar-refractivity contribution < 1.29 is 0 Å². The molecule has 0 unspecified atom stereocenters. The summed E-state index contributed by atoms with van der Waals surface area (Å²) in [6.07, 6.45) is 0. The molecule has 1 nitrogen and oxygen atoms in total. The van der Waals surface area contributed by atoms with Crippen molar-refractivity contribution in [2.45, 2.75) is 19.3 Å². The Bertz CT molecular complexity index is 2950. The van der Waals surface area contributed by atoms with E-state index in [1.54, 1.807) is 0 Å². The van der Waals surface area contributed by atoms with Crippen molar-refractivity contribution in [3.05, 3.63) is 163 Å². The maximum absolute atomic E-state index is 2.58. The summed E-state index contributed by atoms with van der Waals surface area (Å²) in [7, 11) is 0. The Morgan fingerprint density at radius 2 is 1.02 bits per heavy atom. The van der Waals surface area contributed by atoms with E-state index in [0.29, 0.717) is 0 Å². The molecule has 0 spiro atoms. The molecule has 224 valence electrons. The van der Waals surface area contributed by atoms with E-state index in [2.05, 4.69) is 170 Å². The minimum Gasteiger partial charge on any atom is -0.308 e. The average molecular weight is 610 g/mol. The van der Waals surface area contributed by atoms with Gasteiger partial charge in [-0.1, -0.05) is 129 Å². The maximum atomic E-state index is 2.58. The van der Waals surface area contributed by atoms with Crippen molar-refractivity contribution in [2.75, 3.05) is 0 Å².